The Morgan fingerprint density at radius 1 is 0.521 bits per heavy atom. The summed E-state index contributed by atoms with van der Waals surface area (Å²) in [7, 11) is 6.35. The van der Waals surface area contributed by atoms with E-state index in [2.05, 4.69) is 0 Å². The first-order valence-electron chi connectivity index (χ1n) is 15.2. The number of hydrogen-bond donors (Lipinski definition) is 0. The van der Waals surface area contributed by atoms with E-state index in [0.29, 0.717) is 45.8 Å². The molecule has 2 aliphatic rings. The molecule has 10 heteroatoms. The molecule has 48 heavy (non-hydrogen) atoms. The average Bonchev–Trinajstić information content (AvgIpc) is 3.61. The normalized spacial score (nSPS) is 16.0. The van der Waals surface area contributed by atoms with Crippen LogP contribution in [0.3, 0.4) is 0 Å². The van der Waals surface area contributed by atoms with Crippen LogP contribution in [0, 0.1) is 0 Å². The topological polar surface area (TPSA) is 102 Å². The second-order valence-electron chi connectivity index (χ2n) is 10.8. The number of benzene rings is 4. The summed E-state index contributed by atoms with van der Waals surface area (Å²) in [6.45, 7) is 0.261. The number of carbonyl (C=O) groups is 2. The fourth-order valence-corrected chi connectivity index (χ4v) is 5.50. The van der Waals surface area contributed by atoms with E-state index in [9.17, 15) is 9.59 Å². The van der Waals surface area contributed by atoms with Gasteiger partial charge in [0.05, 0.1) is 39.6 Å². The molecule has 0 saturated carbocycles. The van der Waals surface area contributed by atoms with E-state index in [1.165, 1.54) is 0 Å². The number of amides is 2. The number of hydrogen-bond acceptors (Lipinski definition) is 8. The van der Waals surface area contributed by atoms with Crippen molar-refractivity contribution in [3.63, 3.8) is 0 Å². The molecule has 10 nitrogen and oxygen atoms in total. The molecule has 0 aliphatic carbocycles. The molecule has 242 valence electrons. The summed E-state index contributed by atoms with van der Waals surface area (Å²) in [6.07, 6.45) is 3.46. The van der Waals surface area contributed by atoms with Crippen LogP contribution < -0.4 is 18.9 Å². The molecule has 2 amide bonds. The zero-order valence-corrected chi connectivity index (χ0v) is 27.0. The maximum Gasteiger partial charge on any atom is 0.278 e. The van der Waals surface area contributed by atoms with Crippen LogP contribution in [0.4, 0.5) is 0 Å². The number of ether oxygens (including phenoxy) is 4. The van der Waals surface area contributed by atoms with Gasteiger partial charge in [0.2, 0.25) is 0 Å². The van der Waals surface area contributed by atoms with E-state index in [1.54, 1.807) is 50.4 Å². The van der Waals surface area contributed by atoms with E-state index in [0.717, 1.165) is 11.1 Å². The van der Waals surface area contributed by atoms with E-state index < -0.39 is 0 Å². The smallest absolute Gasteiger partial charge is 0.278 e. The Hall–Kier alpha value is -6.16. The number of methoxy groups -OCH3 is 4. The van der Waals surface area contributed by atoms with Gasteiger partial charge in [0.1, 0.15) is 46.1 Å². The number of aliphatic imine (C=N–C) groups is 2. The van der Waals surface area contributed by atoms with Crippen LogP contribution in [-0.2, 0) is 9.59 Å². The van der Waals surface area contributed by atoms with Gasteiger partial charge in [-0.1, -0.05) is 48.5 Å². The van der Waals surface area contributed by atoms with Gasteiger partial charge in [-0.2, -0.15) is 0 Å². The first-order chi connectivity index (χ1) is 23.4. The molecule has 0 N–H and O–H groups in total. The second-order valence-corrected chi connectivity index (χ2v) is 10.8. The van der Waals surface area contributed by atoms with Gasteiger partial charge in [-0.15, -0.1) is 0 Å². The number of para-hydroxylation sites is 2. The van der Waals surface area contributed by atoms with E-state index >= 15 is 0 Å². The Morgan fingerprint density at radius 3 is 1.25 bits per heavy atom. The standard InChI is InChI=1S/C38H34N4O6/c1-45-27-17-13-25(14-18-27)23-31-37(43)41(35(39-31)29-9-5-7-11-33(29)47-3)21-22-42-36(30-10-6-8-12-34(30)48-4)40-32(38(42)44)24-26-15-19-28(46-2)20-16-26/h5-20,23-24H,21-22H2,1-4H3/b31-23-,32-24+. The van der Waals surface area contributed by atoms with Crippen molar-refractivity contribution in [2.24, 2.45) is 9.98 Å². The quantitative estimate of drug-likeness (QED) is 0.195. The fourth-order valence-electron chi connectivity index (χ4n) is 5.50. The highest BCUT2D eigenvalue weighted by Crippen LogP contribution is 2.30. The monoisotopic (exact) mass is 642 g/mol. The molecule has 0 aromatic heterocycles. The van der Waals surface area contributed by atoms with Gasteiger partial charge in [0.25, 0.3) is 11.8 Å². The lowest BCUT2D eigenvalue weighted by molar-refractivity contribution is -0.125. The Bertz CT molecular complexity index is 1820. The maximum atomic E-state index is 14.0. The average molecular weight is 643 g/mol. The molecule has 0 radical (unpaired) electrons. The van der Waals surface area contributed by atoms with Gasteiger partial charge < -0.3 is 18.9 Å². The van der Waals surface area contributed by atoms with Crippen LogP contribution in [-0.4, -0.2) is 74.8 Å². The third-order valence-corrected chi connectivity index (χ3v) is 7.97. The van der Waals surface area contributed by atoms with Crippen molar-refractivity contribution in [2.45, 2.75) is 0 Å². The third kappa shape index (κ3) is 6.41. The second kappa shape index (κ2) is 14.1. The molecule has 0 atom stereocenters. The summed E-state index contributed by atoms with van der Waals surface area (Å²) in [5.41, 5.74) is 3.39. The SMILES string of the molecule is COc1ccc(/C=C2\N=C(c3ccccc3OC)N(CCN3C(=O)/C(=C\c4ccc(OC)cc4)N=C3c3ccccc3OC)C2=O)cc1. The Morgan fingerprint density at radius 2 is 0.896 bits per heavy atom. The van der Waals surface area contributed by atoms with Crippen molar-refractivity contribution in [2.75, 3.05) is 41.5 Å². The highest BCUT2D eigenvalue weighted by Gasteiger charge is 2.36. The molecule has 0 spiro atoms. The molecule has 0 fully saturated rings. The van der Waals surface area contributed by atoms with E-state index in [1.807, 2.05) is 97.1 Å². The summed E-state index contributed by atoms with van der Waals surface area (Å²) in [6, 6.07) is 29.5. The predicted molar refractivity (Wildman–Crippen MR) is 184 cm³/mol. The first kappa shape index (κ1) is 31.8. The molecule has 2 aliphatic heterocycles. The van der Waals surface area contributed by atoms with Crippen LogP contribution in [0.15, 0.2) is 118 Å². The van der Waals surface area contributed by atoms with Crippen molar-refractivity contribution in [3.05, 3.63) is 131 Å². The number of nitrogens with zero attached hydrogens (tertiary/aromatic N) is 4. The summed E-state index contributed by atoms with van der Waals surface area (Å²) < 4.78 is 21.8. The predicted octanol–water partition coefficient (Wildman–Crippen LogP) is 5.68. The minimum atomic E-state index is -0.303. The minimum Gasteiger partial charge on any atom is -0.497 e. The number of rotatable bonds is 11. The lowest BCUT2D eigenvalue weighted by atomic mass is 10.1. The number of carbonyl (C=O) groups excluding carboxylic acids is 2. The van der Waals surface area contributed by atoms with Crippen molar-refractivity contribution in [1.29, 1.82) is 0 Å². The van der Waals surface area contributed by atoms with Crippen molar-refractivity contribution in [3.8, 4) is 23.0 Å². The lowest BCUT2D eigenvalue weighted by Gasteiger charge is -2.24. The molecular formula is C38H34N4O6. The molecule has 0 unspecified atom stereocenters. The van der Waals surface area contributed by atoms with Crippen LogP contribution in [0.2, 0.25) is 0 Å². The molecule has 4 aromatic carbocycles. The molecule has 0 bridgehead atoms. The summed E-state index contributed by atoms with van der Waals surface area (Å²) in [4.78, 5) is 40.8. The summed E-state index contributed by atoms with van der Waals surface area (Å²) in [5, 5.41) is 0. The fraction of sp³-hybridized carbons (Fsp3) is 0.158. The van der Waals surface area contributed by atoms with Gasteiger partial charge in [-0.3, -0.25) is 19.4 Å². The Balaban J connectivity index is 1.35. The van der Waals surface area contributed by atoms with Crippen molar-refractivity contribution in [1.82, 2.24) is 9.80 Å². The maximum absolute atomic E-state index is 14.0. The molecule has 2 heterocycles. The molecule has 4 aromatic rings. The third-order valence-electron chi connectivity index (χ3n) is 7.97. The zero-order valence-electron chi connectivity index (χ0n) is 27.0. The largest absolute Gasteiger partial charge is 0.497 e. The molecular weight excluding hydrogens is 608 g/mol. The van der Waals surface area contributed by atoms with Crippen LogP contribution in [0.1, 0.15) is 22.3 Å². The number of amidine groups is 2. The minimum absolute atomic E-state index is 0.130. The summed E-state index contributed by atoms with van der Waals surface area (Å²) in [5.74, 6) is 2.79. The highest BCUT2D eigenvalue weighted by atomic mass is 16.5. The lowest BCUT2D eigenvalue weighted by Crippen LogP contribution is -2.43. The molecule has 6 rings (SSSR count). The van der Waals surface area contributed by atoms with Gasteiger partial charge in [0, 0.05) is 13.1 Å². The van der Waals surface area contributed by atoms with Crippen LogP contribution in [0.5, 0.6) is 23.0 Å². The van der Waals surface area contributed by atoms with Crippen molar-refractivity contribution < 1.29 is 28.5 Å². The van der Waals surface area contributed by atoms with Crippen molar-refractivity contribution >= 4 is 35.6 Å². The first-order valence-corrected chi connectivity index (χ1v) is 15.2. The van der Waals surface area contributed by atoms with Crippen LogP contribution in [0.25, 0.3) is 12.2 Å². The Kier molecular flexibility index (Phi) is 9.33. The van der Waals surface area contributed by atoms with Crippen LogP contribution >= 0.6 is 0 Å². The van der Waals surface area contributed by atoms with E-state index in [4.69, 9.17) is 28.9 Å². The molecule has 0 saturated heterocycles. The Labute approximate surface area is 278 Å². The van der Waals surface area contributed by atoms with Gasteiger partial charge >= 0.3 is 0 Å². The zero-order chi connectivity index (χ0) is 33.6. The van der Waals surface area contributed by atoms with Gasteiger partial charge in [0.15, 0.2) is 0 Å². The van der Waals surface area contributed by atoms with Gasteiger partial charge in [-0.25, -0.2) is 9.98 Å². The van der Waals surface area contributed by atoms with Gasteiger partial charge in [-0.05, 0) is 71.8 Å². The highest BCUT2D eigenvalue weighted by molar-refractivity contribution is 6.22. The van der Waals surface area contributed by atoms with E-state index in [-0.39, 0.29) is 36.3 Å². The summed E-state index contributed by atoms with van der Waals surface area (Å²) >= 11 is 0.